The van der Waals surface area contributed by atoms with E-state index in [0.717, 1.165) is 5.15 Å². The molecule has 2 aromatic rings. The fraction of sp³-hybridized carbons (Fsp3) is 0.273. The summed E-state index contributed by atoms with van der Waals surface area (Å²) >= 11 is 6.16. The van der Waals surface area contributed by atoms with Crippen molar-refractivity contribution >= 4 is 22.5 Å². The van der Waals surface area contributed by atoms with Gasteiger partial charge in [-0.1, -0.05) is 23.7 Å². The average Bonchev–Trinajstić information content (AvgIpc) is 2.33. The molecule has 0 radical (unpaired) electrons. The van der Waals surface area contributed by atoms with Gasteiger partial charge in [0.15, 0.2) is 0 Å². The fourth-order valence-electron chi connectivity index (χ4n) is 1.88. The van der Waals surface area contributed by atoms with Gasteiger partial charge in [0, 0.05) is 18.0 Å². The Hall–Kier alpha value is -0.950. The molecule has 0 amide bonds. The molecule has 0 aliphatic carbocycles. The van der Waals surface area contributed by atoms with Crippen LogP contribution in [0.3, 0.4) is 0 Å². The van der Waals surface area contributed by atoms with Crippen LogP contribution >= 0.6 is 11.6 Å². The number of aromatic nitrogens is 1. The van der Waals surface area contributed by atoms with Gasteiger partial charge in [-0.25, -0.2) is 0 Å². The molecule has 0 unspecified atom stereocenters. The monoisotopic (exact) mass is 193 g/mol. The molecule has 0 bridgehead atoms. The number of aryl methyl sites for hydroxylation is 3. The zero-order valence-corrected chi connectivity index (χ0v) is 8.81. The highest BCUT2D eigenvalue weighted by Gasteiger charge is 2.10. The number of hydrogen-bond acceptors (Lipinski definition) is 0. The number of nitrogens with zero attached hydrogens (tertiary/aromatic N) is 1. The Labute approximate surface area is 82.9 Å². The van der Waals surface area contributed by atoms with E-state index >= 15 is 0 Å². The van der Waals surface area contributed by atoms with Gasteiger partial charge < -0.3 is 4.57 Å². The highest BCUT2D eigenvalue weighted by atomic mass is 35.5. The van der Waals surface area contributed by atoms with Crippen molar-refractivity contribution in [3.8, 4) is 0 Å². The van der Waals surface area contributed by atoms with Gasteiger partial charge in [0.05, 0.1) is 0 Å². The first-order valence-corrected chi connectivity index (χ1v) is 4.71. The van der Waals surface area contributed by atoms with Crippen molar-refractivity contribution in [3.05, 3.63) is 34.5 Å². The smallest absolute Gasteiger partial charge is 0.112 e. The standard InChI is InChI=1S/C11H12ClN/c1-7-5-4-6-9-10(7)8(2)11(12)13(9)3/h4-6H,1-3H3. The molecule has 68 valence electrons. The molecule has 0 aliphatic heterocycles. The van der Waals surface area contributed by atoms with E-state index in [0.29, 0.717) is 0 Å². The molecule has 0 spiro atoms. The molecule has 0 fully saturated rings. The van der Waals surface area contributed by atoms with E-state index in [1.165, 1.54) is 22.0 Å². The second-order valence-electron chi connectivity index (χ2n) is 3.44. The highest BCUT2D eigenvalue weighted by Crippen LogP contribution is 2.30. The Morgan fingerprint density at radius 1 is 1.23 bits per heavy atom. The minimum Gasteiger partial charge on any atom is -0.335 e. The molecule has 0 saturated heterocycles. The topological polar surface area (TPSA) is 4.93 Å². The van der Waals surface area contributed by atoms with Gasteiger partial charge in [-0.3, -0.25) is 0 Å². The number of fused-ring (bicyclic) bond motifs is 1. The van der Waals surface area contributed by atoms with Gasteiger partial charge in [-0.05, 0) is 31.0 Å². The van der Waals surface area contributed by atoms with Gasteiger partial charge >= 0.3 is 0 Å². The fourth-order valence-corrected chi connectivity index (χ4v) is 2.07. The summed E-state index contributed by atoms with van der Waals surface area (Å²) in [4.78, 5) is 0. The van der Waals surface area contributed by atoms with Crippen molar-refractivity contribution < 1.29 is 0 Å². The van der Waals surface area contributed by atoms with E-state index in [4.69, 9.17) is 11.6 Å². The molecule has 13 heavy (non-hydrogen) atoms. The quantitative estimate of drug-likeness (QED) is 0.604. The number of halogens is 1. The van der Waals surface area contributed by atoms with Gasteiger partial charge in [0.25, 0.3) is 0 Å². The third-order valence-electron chi connectivity index (χ3n) is 2.59. The van der Waals surface area contributed by atoms with Crippen LogP contribution in [0.25, 0.3) is 10.9 Å². The molecule has 1 heterocycles. The minimum atomic E-state index is 0.837. The summed E-state index contributed by atoms with van der Waals surface area (Å²) in [5.41, 5.74) is 3.68. The molecule has 0 aliphatic rings. The summed E-state index contributed by atoms with van der Waals surface area (Å²) in [6, 6.07) is 6.28. The lowest BCUT2D eigenvalue weighted by Crippen LogP contribution is -1.85. The third kappa shape index (κ3) is 1.07. The molecular formula is C11H12ClN. The molecule has 0 saturated carbocycles. The second-order valence-corrected chi connectivity index (χ2v) is 3.80. The van der Waals surface area contributed by atoms with E-state index in [1.807, 2.05) is 11.6 Å². The summed E-state index contributed by atoms with van der Waals surface area (Å²) in [7, 11) is 2.00. The maximum atomic E-state index is 6.16. The maximum absolute atomic E-state index is 6.16. The van der Waals surface area contributed by atoms with Gasteiger partial charge in [0.1, 0.15) is 5.15 Å². The van der Waals surface area contributed by atoms with Gasteiger partial charge in [-0.2, -0.15) is 0 Å². The SMILES string of the molecule is Cc1cccc2c1c(C)c(Cl)n2C. The Morgan fingerprint density at radius 2 is 1.92 bits per heavy atom. The van der Waals surface area contributed by atoms with E-state index < -0.39 is 0 Å². The normalized spacial score (nSPS) is 11.1. The summed E-state index contributed by atoms with van der Waals surface area (Å²) in [6.07, 6.45) is 0. The zero-order valence-electron chi connectivity index (χ0n) is 8.06. The van der Waals surface area contributed by atoms with Crippen LogP contribution in [0.4, 0.5) is 0 Å². The largest absolute Gasteiger partial charge is 0.335 e. The number of hydrogen-bond donors (Lipinski definition) is 0. The predicted molar refractivity (Wildman–Crippen MR) is 57.4 cm³/mol. The number of rotatable bonds is 0. The van der Waals surface area contributed by atoms with Gasteiger partial charge in [0.2, 0.25) is 0 Å². The van der Waals surface area contributed by atoms with E-state index in [-0.39, 0.29) is 0 Å². The molecule has 0 atom stereocenters. The molecule has 0 N–H and O–H groups in total. The first kappa shape index (κ1) is 8.64. The summed E-state index contributed by atoms with van der Waals surface area (Å²) < 4.78 is 2.03. The minimum absolute atomic E-state index is 0.837. The highest BCUT2D eigenvalue weighted by molar-refractivity contribution is 6.32. The lowest BCUT2D eigenvalue weighted by Gasteiger charge is -1.98. The zero-order chi connectivity index (χ0) is 9.59. The lowest BCUT2D eigenvalue weighted by atomic mass is 10.1. The first-order valence-electron chi connectivity index (χ1n) is 4.33. The summed E-state index contributed by atoms with van der Waals surface area (Å²) in [5.74, 6) is 0. The van der Waals surface area contributed by atoms with Crippen LogP contribution in [0.1, 0.15) is 11.1 Å². The van der Waals surface area contributed by atoms with Crippen molar-refractivity contribution in [2.24, 2.45) is 7.05 Å². The van der Waals surface area contributed by atoms with E-state index in [9.17, 15) is 0 Å². The molecule has 1 nitrogen and oxygen atoms in total. The van der Waals surface area contributed by atoms with Crippen LogP contribution in [0, 0.1) is 13.8 Å². The Kier molecular flexibility index (Phi) is 1.85. The van der Waals surface area contributed by atoms with Crippen molar-refractivity contribution in [2.75, 3.05) is 0 Å². The van der Waals surface area contributed by atoms with Crippen molar-refractivity contribution in [2.45, 2.75) is 13.8 Å². The second kappa shape index (κ2) is 2.78. The molecule has 2 rings (SSSR count). The average molecular weight is 194 g/mol. The number of benzene rings is 1. The van der Waals surface area contributed by atoms with Crippen molar-refractivity contribution in [1.82, 2.24) is 4.57 Å². The molecule has 1 aromatic heterocycles. The van der Waals surface area contributed by atoms with Crippen LogP contribution in [-0.2, 0) is 7.05 Å². The maximum Gasteiger partial charge on any atom is 0.112 e. The summed E-state index contributed by atoms with van der Waals surface area (Å²) in [6.45, 7) is 4.18. The Bertz CT molecular complexity index is 468. The molecular weight excluding hydrogens is 182 g/mol. The van der Waals surface area contributed by atoms with Crippen LogP contribution < -0.4 is 0 Å². The van der Waals surface area contributed by atoms with E-state index in [2.05, 4.69) is 32.0 Å². The van der Waals surface area contributed by atoms with E-state index in [1.54, 1.807) is 0 Å². The molecule has 1 aromatic carbocycles. The van der Waals surface area contributed by atoms with Crippen LogP contribution in [0.15, 0.2) is 18.2 Å². The molecule has 2 heteroatoms. The van der Waals surface area contributed by atoms with Crippen molar-refractivity contribution in [1.29, 1.82) is 0 Å². The summed E-state index contributed by atoms with van der Waals surface area (Å²) in [5, 5.41) is 2.12. The Morgan fingerprint density at radius 3 is 2.54 bits per heavy atom. The third-order valence-corrected chi connectivity index (χ3v) is 3.13. The first-order chi connectivity index (χ1) is 6.13. The lowest BCUT2D eigenvalue weighted by molar-refractivity contribution is 0.965. The van der Waals surface area contributed by atoms with Crippen LogP contribution in [0.2, 0.25) is 5.15 Å². The van der Waals surface area contributed by atoms with Crippen molar-refractivity contribution in [3.63, 3.8) is 0 Å². The predicted octanol–water partition coefficient (Wildman–Crippen LogP) is 3.45. The van der Waals surface area contributed by atoms with Gasteiger partial charge in [-0.15, -0.1) is 0 Å². The van der Waals surface area contributed by atoms with Crippen LogP contribution in [0.5, 0.6) is 0 Å². The van der Waals surface area contributed by atoms with Crippen LogP contribution in [-0.4, -0.2) is 4.57 Å². The Balaban J connectivity index is 3.03.